The highest BCUT2D eigenvalue weighted by Crippen LogP contribution is 2.41. The summed E-state index contributed by atoms with van der Waals surface area (Å²) < 4.78 is 42.4. The van der Waals surface area contributed by atoms with Gasteiger partial charge in [-0.25, -0.2) is 0 Å². The third-order valence-corrected chi connectivity index (χ3v) is 7.65. The lowest BCUT2D eigenvalue weighted by atomic mass is 9.83. The van der Waals surface area contributed by atoms with Gasteiger partial charge < -0.3 is 15.5 Å². The number of aromatic nitrogens is 1. The molecule has 1 heterocycles. The van der Waals surface area contributed by atoms with Gasteiger partial charge in [-0.05, 0) is 48.9 Å². The van der Waals surface area contributed by atoms with Gasteiger partial charge in [-0.15, -0.1) is 0 Å². The van der Waals surface area contributed by atoms with Crippen molar-refractivity contribution in [2.45, 2.75) is 76.2 Å². The first kappa shape index (κ1) is 26.0. The molecule has 0 spiro atoms. The number of rotatable bonds is 6. The van der Waals surface area contributed by atoms with E-state index in [0.29, 0.717) is 24.9 Å². The number of alkyl halides is 3. The topological polar surface area (TPSA) is 74.3 Å². The first-order valence-electron chi connectivity index (χ1n) is 12.3. The molecule has 4 rings (SSSR count). The maximum Gasteiger partial charge on any atom is 0.414 e. The van der Waals surface area contributed by atoms with Crippen LogP contribution in [0.2, 0.25) is 0 Å². The normalized spacial score (nSPS) is 23.6. The molecule has 1 saturated carbocycles. The van der Waals surface area contributed by atoms with Crippen molar-refractivity contribution in [1.82, 2.24) is 15.2 Å². The van der Waals surface area contributed by atoms with Gasteiger partial charge in [0, 0.05) is 37.4 Å². The Kier molecular flexibility index (Phi) is 7.03. The molecule has 0 saturated heterocycles. The Morgan fingerprint density at radius 2 is 1.86 bits per heavy atom. The molecule has 36 heavy (non-hydrogen) atoms. The molecule has 2 N–H and O–H groups in total. The molecule has 0 bridgehead atoms. The first-order chi connectivity index (χ1) is 16.9. The summed E-state index contributed by atoms with van der Waals surface area (Å²) in [5, 5.41) is 6.19. The monoisotopic (exact) mass is 502 g/mol. The van der Waals surface area contributed by atoms with Crippen LogP contribution in [-0.4, -0.2) is 47.0 Å². The Labute approximate surface area is 209 Å². The van der Waals surface area contributed by atoms with Crippen LogP contribution in [0.4, 0.5) is 18.9 Å². The summed E-state index contributed by atoms with van der Waals surface area (Å²) in [4.78, 5) is 29.2. The van der Waals surface area contributed by atoms with Crippen LogP contribution in [0.5, 0.6) is 0 Å². The lowest BCUT2D eigenvalue weighted by Gasteiger charge is -2.32. The number of anilines is 1. The highest BCUT2D eigenvalue weighted by molar-refractivity contribution is 5.80. The zero-order valence-corrected chi connectivity index (χ0v) is 21.0. The van der Waals surface area contributed by atoms with Crippen molar-refractivity contribution < 1.29 is 22.8 Å². The summed E-state index contributed by atoms with van der Waals surface area (Å²) in [5.74, 6) is -1.36. The molecule has 2 aliphatic carbocycles. The van der Waals surface area contributed by atoms with E-state index in [1.165, 1.54) is 37.4 Å². The van der Waals surface area contributed by atoms with E-state index in [0.717, 1.165) is 11.3 Å². The van der Waals surface area contributed by atoms with Gasteiger partial charge in [0.25, 0.3) is 0 Å². The molecule has 6 nitrogen and oxygen atoms in total. The molecule has 2 aliphatic rings. The minimum Gasteiger partial charge on any atom is -0.380 e. The smallest absolute Gasteiger partial charge is 0.380 e. The van der Waals surface area contributed by atoms with Crippen LogP contribution in [0.25, 0.3) is 0 Å². The molecule has 0 radical (unpaired) electrons. The Morgan fingerprint density at radius 1 is 1.14 bits per heavy atom. The van der Waals surface area contributed by atoms with Gasteiger partial charge >= 0.3 is 6.18 Å². The van der Waals surface area contributed by atoms with Crippen LogP contribution < -0.4 is 10.6 Å². The van der Waals surface area contributed by atoms with Crippen molar-refractivity contribution in [1.29, 1.82) is 0 Å². The predicted molar refractivity (Wildman–Crippen MR) is 131 cm³/mol. The fourth-order valence-electron chi connectivity index (χ4n) is 5.70. The van der Waals surface area contributed by atoms with E-state index >= 15 is 0 Å². The number of fused-ring (bicyclic) bond motifs is 1. The number of hydrogen-bond acceptors (Lipinski definition) is 4. The lowest BCUT2D eigenvalue weighted by molar-refractivity contribution is -0.191. The molecule has 1 aromatic heterocycles. The molecule has 2 unspecified atom stereocenters. The van der Waals surface area contributed by atoms with Crippen molar-refractivity contribution in [3.8, 4) is 0 Å². The zero-order chi connectivity index (χ0) is 26.3. The van der Waals surface area contributed by atoms with Gasteiger partial charge in [-0.3, -0.25) is 14.6 Å². The second-order valence-corrected chi connectivity index (χ2v) is 10.6. The quantitative estimate of drug-likeness (QED) is 0.597. The van der Waals surface area contributed by atoms with Crippen LogP contribution in [0, 0.1) is 5.92 Å². The predicted octanol–water partition coefficient (Wildman–Crippen LogP) is 4.76. The highest BCUT2D eigenvalue weighted by atomic mass is 19.4. The number of hydrogen-bond donors (Lipinski definition) is 2. The van der Waals surface area contributed by atoms with Gasteiger partial charge in [0.2, 0.25) is 11.8 Å². The van der Waals surface area contributed by atoms with Gasteiger partial charge in [0.1, 0.15) is 0 Å². The van der Waals surface area contributed by atoms with Crippen molar-refractivity contribution in [2.24, 2.45) is 5.92 Å². The minimum absolute atomic E-state index is 0.0733. The molecule has 9 heteroatoms. The molecular formula is C27H33F3N4O2. The number of halogens is 3. The number of nitrogens with one attached hydrogen (secondary N) is 2. The SMILES string of the molecule is CC(=O)NC1CCC(C(=O)N(C)[C@@H](c2ccc(N[C@H]3Cc4ccccc4C3(C)C)cn2)C(F)(F)F)C1. The Morgan fingerprint density at radius 3 is 2.47 bits per heavy atom. The molecule has 1 fully saturated rings. The van der Waals surface area contributed by atoms with E-state index in [2.05, 4.69) is 41.6 Å². The van der Waals surface area contributed by atoms with E-state index in [1.807, 2.05) is 12.1 Å². The van der Waals surface area contributed by atoms with Crippen LogP contribution in [0.3, 0.4) is 0 Å². The number of carbonyl (C=O) groups is 2. The number of amides is 2. The van der Waals surface area contributed by atoms with E-state index < -0.39 is 24.0 Å². The third-order valence-electron chi connectivity index (χ3n) is 7.65. The number of benzene rings is 1. The van der Waals surface area contributed by atoms with Crippen molar-refractivity contribution in [3.63, 3.8) is 0 Å². The molecule has 4 atom stereocenters. The van der Waals surface area contributed by atoms with Crippen LogP contribution in [-0.2, 0) is 21.4 Å². The standard InChI is InChI=1S/C27H33F3N4O2/c1-16(35)32-19-10-9-18(13-19)25(36)34(4)24(27(28,29)30)22-12-11-20(15-31-22)33-23-14-17-7-5-6-8-21(17)26(23,2)3/h5-8,11-12,15,18-19,23-24,33H,9-10,13-14H2,1-4H3,(H,32,35)/t18?,19?,23-,24-/m0/s1. The maximum atomic E-state index is 14.1. The molecule has 0 aliphatic heterocycles. The molecule has 194 valence electrons. The second kappa shape index (κ2) is 9.75. The summed E-state index contributed by atoms with van der Waals surface area (Å²) >= 11 is 0. The molecular weight excluding hydrogens is 469 g/mol. The fourth-order valence-corrected chi connectivity index (χ4v) is 5.70. The Balaban J connectivity index is 1.48. The van der Waals surface area contributed by atoms with Gasteiger partial charge in [-0.1, -0.05) is 38.1 Å². The van der Waals surface area contributed by atoms with Crippen LogP contribution >= 0.6 is 0 Å². The van der Waals surface area contributed by atoms with E-state index in [9.17, 15) is 22.8 Å². The zero-order valence-electron chi connectivity index (χ0n) is 21.0. The average Bonchev–Trinajstić information content (AvgIpc) is 3.35. The maximum absolute atomic E-state index is 14.1. The number of carbonyl (C=O) groups excluding carboxylic acids is 2. The Bertz CT molecular complexity index is 1120. The number of nitrogens with zero attached hydrogens (tertiary/aromatic N) is 2. The second-order valence-electron chi connectivity index (χ2n) is 10.6. The van der Waals surface area contributed by atoms with E-state index in [1.54, 1.807) is 6.07 Å². The molecule has 1 aromatic carbocycles. The van der Waals surface area contributed by atoms with Gasteiger partial charge in [0.15, 0.2) is 6.04 Å². The first-order valence-corrected chi connectivity index (χ1v) is 12.3. The van der Waals surface area contributed by atoms with E-state index in [-0.39, 0.29) is 29.1 Å². The summed E-state index contributed by atoms with van der Waals surface area (Å²) in [6.07, 6.45) is -1.11. The van der Waals surface area contributed by atoms with Crippen molar-refractivity contribution in [2.75, 3.05) is 12.4 Å². The van der Waals surface area contributed by atoms with Gasteiger partial charge in [0.05, 0.1) is 17.6 Å². The van der Waals surface area contributed by atoms with E-state index in [4.69, 9.17) is 0 Å². The average molecular weight is 503 g/mol. The van der Waals surface area contributed by atoms with Crippen molar-refractivity contribution in [3.05, 3.63) is 59.4 Å². The number of pyridine rings is 1. The van der Waals surface area contributed by atoms with Crippen LogP contribution in [0.15, 0.2) is 42.6 Å². The summed E-state index contributed by atoms with van der Waals surface area (Å²) in [5.41, 5.74) is 2.78. The summed E-state index contributed by atoms with van der Waals surface area (Å²) in [7, 11) is 1.18. The third kappa shape index (κ3) is 5.20. The molecule has 2 amide bonds. The van der Waals surface area contributed by atoms with Gasteiger partial charge in [-0.2, -0.15) is 13.2 Å². The minimum atomic E-state index is -4.68. The largest absolute Gasteiger partial charge is 0.414 e. The van der Waals surface area contributed by atoms with Crippen molar-refractivity contribution >= 4 is 17.5 Å². The molecule has 2 aromatic rings. The lowest BCUT2D eigenvalue weighted by Crippen LogP contribution is -2.43. The van der Waals surface area contributed by atoms with Crippen LogP contribution in [0.1, 0.15) is 62.9 Å². The Hall–Kier alpha value is -3.10. The summed E-state index contributed by atoms with van der Waals surface area (Å²) in [6, 6.07) is 8.91. The summed E-state index contributed by atoms with van der Waals surface area (Å²) in [6.45, 7) is 5.69. The highest BCUT2D eigenvalue weighted by Gasteiger charge is 2.48. The fraction of sp³-hybridized carbons (Fsp3) is 0.519.